The van der Waals surface area contributed by atoms with Crippen LogP contribution < -0.4 is 15.2 Å². The zero-order valence-electron chi connectivity index (χ0n) is 8.64. The molecule has 2 heterocycles. The quantitative estimate of drug-likeness (QED) is 0.744. The summed E-state index contributed by atoms with van der Waals surface area (Å²) in [5, 5.41) is 0. The summed E-state index contributed by atoms with van der Waals surface area (Å²) in [4.78, 5) is 10.8. The molecule has 0 fully saturated rings. The van der Waals surface area contributed by atoms with Gasteiger partial charge in [-0.15, -0.1) is 0 Å². The molecule has 17 heavy (non-hydrogen) atoms. The predicted octanol–water partition coefficient (Wildman–Crippen LogP) is 1.51. The number of hydrogen-bond acceptors (Lipinski definition) is 6. The molecule has 0 unspecified atom stereocenters. The standard InChI is InChI=1S/C10H8N4O2S/c11-9-12-8(13-10(17)14-9)5-1-2-6-7(3-5)16-4-15-6/h1-3H,4H2,(H3,11,12,13,14,17). The molecule has 0 saturated carbocycles. The van der Waals surface area contributed by atoms with Crippen molar-refractivity contribution in [2.24, 2.45) is 0 Å². The number of ether oxygens (including phenoxy) is 2. The highest BCUT2D eigenvalue weighted by atomic mass is 32.1. The first kappa shape index (κ1) is 10.0. The first-order valence-corrected chi connectivity index (χ1v) is 5.27. The van der Waals surface area contributed by atoms with Gasteiger partial charge in [-0.25, -0.2) is 4.98 Å². The van der Waals surface area contributed by atoms with Crippen LogP contribution in [-0.4, -0.2) is 21.7 Å². The first-order chi connectivity index (χ1) is 8.22. The van der Waals surface area contributed by atoms with E-state index in [1.54, 1.807) is 0 Å². The van der Waals surface area contributed by atoms with E-state index in [4.69, 9.17) is 27.4 Å². The third kappa shape index (κ3) is 1.80. The zero-order valence-corrected chi connectivity index (χ0v) is 9.45. The van der Waals surface area contributed by atoms with Crippen molar-refractivity contribution in [2.45, 2.75) is 0 Å². The third-order valence-corrected chi connectivity index (χ3v) is 2.50. The Morgan fingerprint density at radius 3 is 2.88 bits per heavy atom. The van der Waals surface area contributed by atoms with Crippen LogP contribution in [0.5, 0.6) is 11.5 Å². The van der Waals surface area contributed by atoms with Crippen LogP contribution in [0.4, 0.5) is 5.95 Å². The van der Waals surface area contributed by atoms with Crippen molar-refractivity contribution in [1.82, 2.24) is 15.0 Å². The number of aromatic amines is 1. The average Bonchev–Trinajstić information content (AvgIpc) is 2.74. The van der Waals surface area contributed by atoms with Crippen LogP contribution in [0.15, 0.2) is 18.2 Å². The maximum Gasteiger partial charge on any atom is 0.231 e. The number of aromatic nitrogens is 3. The normalized spacial score (nSPS) is 12.7. The SMILES string of the molecule is Nc1nc(=S)nc(-c2ccc3c(c2)OCO3)[nH]1. The molecule has 1 aliphatic heterocycles. The average molecular weight is 248 g/mol. The highest BCUT2D eigenvalue weighted by Gasteiger charge is 2.14. The van der Waals surface area contributed by atoms with Gasteiger partial charge in [0, 0.05) is 5.56 Å². The molecule has 0 bridgehead atoms. The second-order valence-electron chi connectivity index (χ2n) is 3.43. The van der Waals surface area contributed by atoms with Crippen LogP contribution in [0.2, 0.25) is 0 Å². The smallest absolute Gasteiger partial charge is 0.231 e. The summed E-state index contributed by atoms with van der Waals surface area (Å²) in [6, 6.07) is 5.47. The molecule has 0 saturated heterocycles. The topological polar surface area (TPSA) is 86.1 Å². The van der Waals surface area contributed by atoms with Crippen molar-refractivity contribution in [3.8, 4) is 22.9 Å². The Balaban J connectivity index is 2.12. The van der Waals surface area contributed by atoms with Gasteiger partial charge in [0.05, 0.1) is 0 Å². The molecule has 0 spiro atoms. The minimum atomic E-state index is 0.203. The van der Waals surface area contributed by atoms with Crippen LogP contribution in [0.25, 0.3) is 11.4 Å². The van der Waals surface area contributed by atoms with Gasteiger partial charge >= 0.3 is 0 Å². The Hall–Kier alpha value is -2.15. The molecule has 0 aliphatic carbocycles. The van der Waals surface area contributed by atoms with Crippen LogP contribution in [0, 0.1) is 4.77 Å². The van der Waals surface area contributed by atoms with Crippen LogP contribution in [0.1, 0.15) is 0 Å². The third-order valence-electron chi connectivity index (χ3n) is 2.32. The summed E-state index contributed by atoms with van der Waals surface area (Å²) in [7, 11) is 0. The van der Waals surface area contributed by atoms with Gasteiger partial charge in [0.25, 0.3) is 0 Å². The Morgan fingerprint density at radius 2 is 2.06 bits per heavy atom. The Labute approximate surface area is 101 Å². The van der Waals surface area contributed by atoms with Crippen molar-refractivity contribution >= 4 is 18.2 Å². The van der Waals surface area contributed by atoms with Crippen molar-refractivity contribution < 1.29 is 9.47 Å². The molecule has 1 aromatic heterocycles. The summed E-state index contributed by atoms with van der Waals surface area (Å²) in [6.45, 7) is 0.237. The van der Waals surface area contributed by atoms with Crippen molar-refractivity contribution in [3.63, 3.8) is 0 Å². The van der Waals surface area contributed by atoms with Crippen LogP contribution in [-0.2, 0) is 0 Å². The number of fused-ring (bicyclic) bond motifs is 1. The lowest BCUT2D eigenvalue weighted by molar-refractivity contribution is 0.174. The molecule has 3 N–H and O–H groups in total. The van der Waals surface area contributed by atoms with E-state index in [2.05, 4.69) is 15.0 Å². The lowest BCUT2D eigenvalue weighted by Gasteiger charge is -2.03. The first-order valence-electron chi connectivity index (χ1n) is 4.86. The van der Waals surface area contributed by atoms with Gasteiger partial charge < -0.3 is 20.2 Å². The van der Waals surface area contributed by atoms with Gasteiger partial charge in [-0.3, -0.25) is 0 Å². The summed E-state index contributed by atoms with van der Waals surface area (Å²) < 4.78 is 10.7. The number of hydrogen-bond donors (Lipinski definition) is 2. The van der Waals surface area contributed by atoms with Gasteiger partial charge in [-0.2, -0.15) is 4.98 Å². The summed E-state index contributed by atoms with van der Waals surface area (Å²) in [5.74, 6) is 2.19. The number of nitrogens with zero attached hydrogens (tertiary/aromatic N) is 2. The maximum atomic E-state index is 5.58. The number of nitrogens with two attached hydrogens (primary N) is 1. The molecule has 0 radical (unpaired) electrons. The molecule has 0 atom stereocenters. The van der Waals surface area contributed by atoms with E-state index in [-0.39, 0.29) is 17.5 Å². The van der Waals surface area contributed by atoms with E-state index < -0.39 is 0 Å². The molecule has 86 valence electrons. The number of rotatable bonds is 1. The largest absolute Gasteiger partial charge is 0.454 e. The number of anilines is 1. The lowest BCUT2D eigenvalue weighted by Crippen LogP contribution is -1.99. The van der Waals surface area contributed by atoms with Crippen molar-refractivity contribution in [2.75, 3.05) is 12.5 Å². The molecule has 2 aromatic rings. The van der Waals surface area contributed by atoms with Crippen LogP contribution in [0.3, 0.4) is 0 Å². The van der Waals surface area contributed by atoms with Gasteiger partial charge in [-0.1, -0.05) is 0 Å². The predicted molar refractivity (Wildman–Crippen MR) is 63.2 cm³/mol. The molecule has 1 aliphatic rings. The highest BCUT2D eigenvalue weighted by Crippen LogP contribution is 2.34. The number of H-pyrrole nitrogens is 1. The van der Waals surface area contributed by atoms with Crippen molar-refractivity contribution in [3.05, 3.63) is 23.0 Å². The zero-order chi connectivity index (χ0) is 11.8. The van der Waals surface area contributed by atoms with E-state index in [9.17, 15) is 0 Å². The fourth-order valence-corrected chi connectivity index (χ4v) is 1.77. The molecule has 1 aromatic carbocycles. The van der Waals surface area contributed by atoms with Crippen molar-refractivity contribution in [1.29, 1.82) is 0 Å². The molecule has 0 amide bonds. The highest BCUT2D eigenvalue weighted by molar-refractivity contribution is 7.71. The second-order valence-corrected chi connectivity index (χ2v) is 3.80. The van der Waals surface area contributed by atoms with E-state index in [1.165, 1.54) is 0 Å². The monoisotopic (exact) mass is 248 g/mol. The Kier molecular flexibility index (Phi) is 2.19. The summed E-state index contributed by atoms with van der Waals surface area (Å²) in [6.07, 6.45) is 0. The van der Waals surface area contributed by atoms with Gasteiger partial charge in [0.1, 0.15) is 5.82 Å². The molecule has 7 heteroatoms. The molecule has 6 nitrogen and oxygen atoms in total. The van der Waals surface area contributed by atoms with Gasteiger partial charge in [-0.05, 0) is 30.4 Å². The molecular weight excluding hydrogens is 240 g/mol. The fourth-order valence-electron chi connectivity index (χ4n) is 1.58. The lowest BCUT2D eigenvalue weighted by atomic mass is 10.2. The minimum absolute atomic E-state index is 0.203. The van der Waals surface area contributed by atoms with E-state index >= 15 is 0 Å². The number of nitrogens with one attached hydrogen (secondary N) is 1. The maximum absolute atomic E-state index is 5.58. The summed E-state index contributed by atoms with van der Waals surface area (Å²) in [5.41, 5.74) is 6.39. The number of nitrogen functional groups attached to an aromatic ring is 1. The van der Waals surface area contributed by atoms with Gasteiger partial charge in [0.15, 0.2) is 11.5 Å². The summed E-state index contributed by atoms with van der Waals surface area (Å²) >= 11 is 4.91. The fraction of sp³-hybridized carbons (Fsp3) is 0.100. The van der Waals surface area contributed by atoms with Crippen LogP contribution >= 0.6 is 12.2 Å². The molecular formula is C10H8N4O2S. The second kappa shape index (κ2) is 3.70. The Bertz CT molecular complexity index is 640. The van der Waals surface area contributed by atoms with E-state index in [0.29, 0.717) is 11.6 Å². The Morgan fingerprint density at radius 1 is 1.24 bits per heavy atom. The van der Waals surface area contributed by atoms with E-state index in [1.807, 2.05) is 18.2 Å². The molecule has 3 rings (SSSR count). The van der Waals surface area contributed by atoms with Gasteiger partial charge in [0.2, 0.25) is 17.5 Å². The van der Waals surface area contributed by atoms with E-state index in [0.717, 1.165) is 11.3 Å². The minimum Gasteiger partial charge on any atom is -0.454 e. The number of benzene rings is 1.